The Kier molecular flexibility index (Phi) is 4.17. The summed E-state index contributed by atoms with van der Waals surface area (Å²) in [7, 11) is 0. The van der Waals surface area contributed by atoms with Gasteiger partial charge in [-0.25, -0.2) is 0 Å². The van der Waals surface area contributed by atoms with Gasteiger partial charge in [-0.05, 0) is 25.0 Å². The molecule has 0 saturated carbocycles. The summed E-state index contributed by atoms with van der Waals surface area (Å²) >= 11 is 0. The first-order valence-corrected chi connectivity index (χ1v) is 6.24. The number of nitrogens with two attached hydrogens (primary N) is 1. The number of nitrogen functional groups attached to an aromatic ring is 1. The van der Waals surface area contributed by atoms with Crippen molar-refractivity contribution in [3.63, 3.8) is 0 Å². The minimum atomic E-state index is -4.57. The molecule has 0 aliphatic carbocycles. The number of rotatable bonds is 2. The zero-order valence-corrected chi connectivity index (χ0v) is 10.7. The lowest BCUT2D eigenvalue weighted by Gasteiger charge is -2.23. The summed E-state index contributed by atoms with van der Waals surface area (Å²) in [6.07, 6.45) is -3.28. The lowest BCUT2D eigenvalue weighted by atomic mass is 10.0. The predicted octanol–water partition coefficient (Wildman–Crippen LogP) is 2.20. The average Bonchev–Trinajstić information content (AvgIpc) is 2.38. The van der Waals surface area contributed by atoms with Crippen LogP contribution in [0.2, 0.25) is 0 Å². The van der Waals surface area contributed by atoms with Gasteiger partial charge in [0.05, 0.1) is 16.8 Å². The van der Waals surface area contributed by atoms with E-state index in [4.69, 9.17) is 10.5 Å². The summed E-state index contributed by atoms with van der Waals surface area (Å²) in [5.74, 6) is -0.583. The fourth-order valence-corrected chi connectivity index (χ4v) is 2.12. The molecule has 1 amide bonds. The third kappa shape index (κ3) is 3.22. The van der Waals surface area contributed by atoms with Gasteiger partial charge >= 0.3 is 6.18 Å². The molecule has 1 saturated heterocycles. The lowest BCUT2D eigenvalue weighted by molar-refractivity contribution is -0.136. The Morgan fingerprint density at radius 2 is 1.95 bits per heavy atom. The molecule has 0 atom stereocenters. The topological polar surface area (TPSA) is 64.4 Å². The first-order chi connectivity index (χ1) is 9.39. The van der Waals surface area contributed by atoms with Gasteiger partial charge in [0.25, 0.3) is 5.91 Å². The van der Waals surface area contributed by atoms with Crippen LogP contribution >= 0.6 is 0 Å². The van der Waals surface area contributed by atoms with E-state index in [-0.39, 0.29) is 11.6 Å². The second-order valence-electron chi connectivity index (χ2n) is 4.62. The molecular formula is C13H15F3N2O2. The fourth-order valence-electron chi connectivity index (χ4n) is 2.12. The van der Waals surface area contributed by atoms with Crippen LogP contribution in [0, 0.1) is 0 Å². The quantitative estimate of drug-likeness (QED) is 0.820. The van der Waals surface area contributed by atoms with Gasteiger partial charge in [-0.1, -0.05) is 6.07 Å². The molecule has 7 heteroatoms. The van der Waals surface area contributed by atoms with Gasteiger partial charge in [-0.2, -0.15) is 13.2 Å². The van der Waals surface area contributed by atoms with Crippen molar-refractivity contribution in [2.24, 2.45) is 0 Å². The number of halogens is 3. The fraction of sp³-hybridized carbons (Fsp3) is 0.462. The summed E-state index contributed by atoms with van der Waals surface area (Å²) in [4.78, 5) is 12.0. The second kappa shape index (κ2) is 5.70. The third-order valence-electron chi connectivity index (χ3n) is 3.21. The van der Waals surface area contributed by atoms with Crippen molar-refractivity contribution in [3.05, 3.63) is 29.3 Å². The van der Waals surface area contributed by atoms with Gasteiger partial charge in [0.1, 0.15) is 0 Å². The van der Waals surface area contributed by atoms with Crippen LogP contribution in [-0.2, 0) is 10.9 Å². The molecule has 20 heavy (non-hydrogen) atoms. The van der Waals surface area contributed by atoms with Gasteiger partial charge in [-0.3, -0.25) is 4.79 Å². The van der Waals surface area contributed by atoms with Crippen molar-refractivity contribution in [2.45, 2.75) is 25.1 Å². The molecule has 2 rings (SSSR count). The van der Waals surface area contributed by atoms with Gasteiger partial charge in [-0.15, -0.1) is 0 Å². The Balaban J connectivity index is 2.17. The van der Waals surface area contributed by atoms with Crippen LogP contribution in [0.1, 0.15) is 28.8 Å². The average molecular weight is 288 g/mol. The number of ether oxygens (including phenoxy) is 1. The van der Waals surface area contributed by atoms with E-state index >= 15 is 0 Å². The van der Waals surface area contributed by atoms with Crippen molar-refractivity contribution in [3.8, 4) is 0 Å². The van der Waals surface area contributed by atoms with Crippen molar-refractivity contribution in [1.29, 1.82) is 0 Å². The minimum absolute atomic E-state index is 0.0924. The molecule has 0 unspecified atom stereocenters. The summed E-state index contributed by atoms with van der Waals surface area (Å²) in [5.41, 5.74) is 3.80. The molecule has 0 aromatic heterocycles. The maximum absolute atomic E-state index is 12.7. The van der Waals surface area contributed by atoms with Crippen LogP contribution < -0.4 is 11.1 Å². The first kappa shape index (κ1) is 14.6. The van der Waals surface area contributed by atoms with Crippen LogP contribution in [0.25, 0.3) is 0 Å². The zero-order chi connectivity index (χ0) is 14.8. The molecule has 0 spiro atoms. The molecule has 3 N–H and O–H groups in total. The zero-order valence-electron chi connectivity index (χ0n) is 10.7. The van der Waals surface area contributed by atoms with E-state index in [1.54, 1.807) is 0 Å². The molecule has 0 bridgehead atoms. The highest BCUT2D eigenvalue weighted by Gasteiger charge is 2.34. The van der Waals surface area contributed by atoms with E-state index < -0.39 is 23.3 Å². The van der Waals surface area contributed by atoms with Gasteiger partial charge in [0.15, 0.2) is 0 Å². The molecule has 0 radical (unpaired) electrons. The number of carbonyl (C=O) groups is 1. The SMILES string of the molecule is Nc1c(C(=O)NC2CCOCC2)cccc1C(F)(F)F. The molecule has 1 fully saturated rings. The molecule has 4 nitrogen and oxygen atoms in total. The Morgan fingerprint density at radius 3 is 2.55 bits per heavy atom. The van der Waals surface area contributed by atoms with E-state index in [0.717, 1.165) is 6.07 Å². The summed E-state index contributed by atoms with van der Waals surface area (Å²) in [5, 5.41) is 2.69. The molecule has 1 aliphatic rings. The van der Waals surface area contributed by atoms with Gasteiger partial charge in [0, 0.05) is 19.3 Å². The second-order valence-corrected chi connectivity index (χ2v) is 4.62. The van der Waals surface area contributed by atoms with Crippen molar-refractivity contribution in [1.82, 2.24) is 5.32 Å². The van der Waals surface area contributed by atoms with Crippen LogP contribution in [0.3, 0.4) is 0 Å². The lowest BCUT2D eigenvalue weighted by Crippen LogP contribution is -2.39. The number of carbonyl (C=O) groups excluding carboxylic acids is 1. The maximum Gasteiger partial charge on any atom is 0.418 e. The minimum Gasteiger partial charge on any atom is -0.398 e. The number of alkyl halides is 3. The Hall–Kier alpha value is -1.76. The number of benzene rings is 1. The van der Waals surface area contributed by atoms with E-state index in [9.17, 15) is 18.0 Å². The number of hydrogen-bond donors (Lipinski definition) is 2. The maximum atomic E-state index is 12.7. The van der Waals surface area contributed by atoms with Gasteiger partial charge < -0.3 is 15.8 Å². The molecule has 110 valence electrons. The van der Waals surface area contributed by atoms with Crippen LogP contribution in [0.15, 0.2) is 18.2 Å². The number of amides is 1. The molecule has 1 aromatic carbocycles. The highest BCUT2D eigenvalue weighted by atomic mass is 19.4. The number of nitrogens with one attached hydrogen (secondary N) is 1. The molecular weight excluding hydrogens is 273 g/mol. The molecule has 1 aromatic rings. The summed E-state index contributed by atoms with van der Waals surface area (Å²) < 4.78 is 43.3. The van der Waals surface area contributed by atoms with Crippen LogP contribution in [-0.4, -0.2) is 25.2 Å². The molecule has 1 aliphatic heterocycles. The Bertz CT molecular complexity index is 497. The Morgan fingerprint density at radius 1 is 1.30 bits per heavy atom. The highest BCUT2D eigenvalue weighted by molar-refractivity contribution is 6.00. The largest absolute Gasteiger partial charge is 0.418 e. The standard InChI is InChI=1S/C13H15F3N2O2/c14-13(15,16)10-3-1-2-9(11(10)17)12(19)18-8-4-6-20-7-5-8/h1-3,8H,4-7,17H2,(H,18,19). The van der Waals surface area contributed by atoms with E-state index in [1.165, 1.54) is 12.1 Å². The Labute approximate surface area is 114 Å². The van der Waals surface area contributed by atoms with E-state index in [0.29, 0.717) is 26.1 Å². The number of anilines is 1. The normalized spacial score (nSPS) is 16.9. The highest BCUT2D eigenvalue weighted by Crippen LogP contribution is 2.34. The smallest absolute Gasteiger partial charge is 0.398 e. The van der Waals surface area contributed by atoms with Crippen molar-refractivity contribution < 1.29 is 22.7 Å². The van der Waals surface area contributed by atoms with Gasteiger partial charge in [0.2, 0.25) is 0 Å². The van der Waals surface area contributed by atoms with Crippen LogP contribution in [0.4, 0.5) is 18.9 Å². The monoisotopic (exact) mass is 288 g/mol. The van der Waals surface area contributed by atoms with Crippen molar-refractivity contribution >= 4 is 11.6 Å². The number of hydrogen-bond acceptors (Lipinski definition) is 3. The van der Waals surface area contributed by atoms with E-state index in [2.05, 4.69) is 5.32 Å². The predicted molar refractivity (Wildman–Crippen MR) is 67.2 cm³/mol. The number of para-hydroxylation sites is 1. The van der Waals surface area contributed by atoms with Crippen LogP contribution in [0.5, 0.6) is 0 Å². The summed E-state index contributed by atoms with van der Waals surface area (Å²) in [6.45, 7) is 1.06. The van der Waals surface area contributed by atoms with Crippen molar-refractivity contribution in [2.75, 3.05) is 18.9 Å². The summed E-state index contributed by atoms with van der Waals surface area (Å²) in [6, 6.07) is 3.24. The first-order valence-electron chi connectivity index (χ1n) is 6.24. The third-order valence-corrected chi connectivity index (χ3v) is 3.21. The molecule has 1 heterocycles. The van der Waals surface area contributed by atoms with E-state index in [1.807, 2.05) is 0 Å².